The summed E-state index contributed by atoms with van der Waals surface area (Å²) in [6.07, 6.45) is 2.87. The monoisotopic (exact) mass is 536 g/mol. The van der Waals surface area contributed by atoms with Crippen LogP contribution in [-0.2, 0) is 0 Å². The van der Waals surface area contributed by atoms with E-state index >= 15 is 0 Å². The van der Waals surface area contributed by atoms with Crippen LogP contribution in [0.2, 0.25) is 0 Å². The van der Waals surface area contributed by atoms with Crippen molar-refractivity contribution < 1.29 is 30.6 Å². The molecule has 0 aromatic carbocycles. The summed E-state index contributed by atoms with van der Waals surface area (Å²) in [6, 6.07) is 0. The van der Waals surface area contributed by atoms with Gasteiger partial charge in [0.2, 0.25) is 0 Å². The maximum atomic E-state index is 12.1. The lowest BCUT2D eigenvalue weighted by molar-refractivity contribution is -0.302. The Morgan fingerprint density at radius 2 is 1.39 bits per heavy atom. The molecule has 6 N–H and O–H groups in total. The lowest BCUT2D eigenvalue weighted by Gasteiger charge is -2.71. The number of fused-ring (bicyclic) bond motifs is 2. The van der Waals surface area contributed by atoms with Crippen molar-refractivity contribution in [3.63, 3.8) is 0 Å². The minimum absolute atomic E-state index is 0.0491. The van der Waals surface area contributed by atoms with Gasteiger partial charge in [0, 0.05) is 16.2 Å². The average Bonchev–Trinajstić information content (AvgIpc) is 2.86. The van der Waals surface area contributed by atoms with Gasteiger partial charge in [0.05, 0.1) is 37.1 Å². The van der Waals surface area contributed by atoms with E-state index in [0.717, 1.165) is 25.7 Å². The molecule has 6 nitrogen and oxygen atoms in total. The van der Waals surface area contributed by atoms with E-state index in [-0.39, 0.29) is 35.2 Å². The highest BCUT2D eigenvalue weighted by Crippen LogP contribution is 2.73. The fraction of sp³-hybridized carbons (Fsp3) is 0.938. The van der Waals surface area contributed by atoms with Gasteiger partial charge in [0.15, 0.2) is 0 Å². The molecule has 4 aliphatic rings. The zero-order chi connectivity index (χ0) is 28.7. The Kier molecular flexibility index (Phi) is 7.63. The maximum absolute atomic E-state index is 12.1. The van der Waals surface area contributed by atoms with Crippen LogP contribution >= 0.6 is 0 Å². The van der Waals surface area contributed by atoms with Gasteiger partial charge in [-0.2, -0.15) is 0 Å². The fourth-order valence-electron chi connectivity index (χ4n) is 11.1. The molecule has 220 valence electrons. The number of allylic oxidation sites excluding steroid dienone is 1. The van der Waals surface area contributed by atoms with Crippen LogP contribution in [0.3, 0.4) is 0 Å². The number of rotatable bonds is 5. The number of hydrogen-bond acceptors (Lipinski definition) is 6. The first-order valence-electron chi connectivity index (χ1n) is 15.1. The Morgan fingerprint density at radius 3 is 1.95 bits per heavy atom. The van der Waals surface area contributed by atoms with Crippen molar-refractivity contribution in [2.45, 2.75) is 130 Å². The number of hydrogen-bond donors (Lipinski definition) is 6. The molecule has 13 atom stereocenters. The van der Waals surface area contributed by atoms with Crippen molar-refractivity contribution in [1.29, 1.82) is 0 Å². The molecule has 4 aliphatic carbocycles. The molecule has 3 unspecified atom stereocenters. The Balaban J connectivity index is 1.82. The second kappa shape index (κ2) is 9.52. The maximum Gasteiger partial charge on any atom is 0.0889 e. The Labute approximate surface area is 230 Å². The normalized spacial score (nSPS) is 56.6. The molecule has 0 aliphatic heterocycles. The van der Waals surface area contributed by atoms with Crippen molar-refractivity contribution >= 4 is 0 Å². The average molecular weight is 537 g/mol. The second-order valence-electron chi connectivity index (χ2n) is 15.6. The van der Waals surface area contributed by atoms with Crippen LogP contribution in [0.4, 0.5) is 0 Å². The third kappa shape index (κ3) is 3.66. The predicted molar refractivity (Wildman–Crippen MR) is 149 cm³/mol. The van der Waals surface area contributed by atoms with Gasteiger partial charge in [-0.3, -0.25) is 0 Å². The molecule has 4 rings (SSSR count). The van der Waals surface area contributed by atoms with E-state index in [4.69, 9.17) is 0 Å². The SMILES string of the molecule is C=CCC1[C@@]2(C)CC[C@H](O)[C@](C)(CO)C2CC[C@@]1(C)[C@@]1(C)CC2CC(C)(C)[C@@H](O)[C@H](O)[C@]2(CC)[C@H](O)[C@@H]1O. The van der Waals surface area contributed by atoms with E-state index in [1.165, 1.54) is 0 Å². The fourth-order valence-corrected chi connectivity index (χ4v) is 11.1. The van der Waals surface area contributed by atoms with Gasteiger partial charge in [-0.25, -0.2) is 0 Å². The first-order chi connectivity index (χ1) is 17.5. The van der Waals surface area contributed by atoms with Gasteiger partial charge in [0.25, 0.3) is 0 Å². The summed E-state index contributed by atoms with van der Waals surface area (Å²) in [6.45, 7) is 18.8. The predicted octanol–water partition coefficient (Wildman–Crippen LogP) is 4.05. The third-order valence-corrected chi connectivity index (χ3v) is 13.8. The van der Waals surface area contributed by atoms with E-state index < -0.39 is 52.2 Å². The molecule has 0 saturated heterocycles. The highest BCUT2D eigenvalue weighted by molar-refractivity contribution is 5.21. The Morgan fingerprint density at radius 1 is 0.789 bits per heavy atom. The largest absolute Gasteiger partial charge is 0.396 e. The zero-order valence-electron chi connectivity index (χ0n) is 25.0. The highest BCUT2D eigenvalue weighted by Gasteiger charge is 2.72. The van der Waals surface area contributed by atoms with Gasteiger partial charge < -0.3 is 30.6 Å². The van der Waals surface area contributed by atoms with Crippen LogP contribution in [0.5, 0.6) is 0 Å². The zero-order valence-corrected chi connectivity index (χ0v) is 25.0. The van der Waals surface area contributed by atoms with Crippen LogP contribution in [0.1, 0.15) is 99.8 Å². The van der Waals surface area contributed by atoms with Crippen LogP contribution < -0.4 is 0 Å². The van der Waals surface area contributed by atoms with Gasteiger partial charge in [-0.15, -0.1) is 6.58 Å². The molecule has 38 heavy (non-hydrogen) atoms. The summed E-state index contributed by atoms with van der Waals surface area (Å²) < 4.78 is 0. The Bertz CT molecular complexity index is 906. The van der Waals surface area contributed by atoms with Gasteiger partial charge >= 0.3 is 0 Å². The smallest absolute Gasteiger partial charge is 0.0889 e. The van der Waals surface area contributed by atoms with E-state index in [0.29, 0.717) is 25.7 Å². The minimum atomic E-state index is -1.15. The first kappa shape index (κ1) is 30.5. The molecule has 0 radical (unpaired) electrons. The molecular formula is C32H56O6. The number of aliphatic hydroxyl groups is 6. The van der Waals surface area contributed by atoms with Crippen LogP contribution in [0.15, 0.2) is 12.7 Å². The second-order valence-corrected chi connectivity index (χ2v) is 15.6. The molecule has 0 bridgehead atoms. The minimum Gasteiger partial charge on any atom is -0.396 e. The lowest BCUT2D eigenvalue weighted by atomic mass is 9.34. The molecule has 4 saturated carbocycles. The third-order valence-electron chi connectivity index (χ3n) is 13.8. The summed E-state index contributed by atoms with van der Waals surface area (Å²) in [7, 11) is 0. The summed E-state index contributed by atoms with van der Waals surface area (Å²) in [4.78, 5) is 0. The standard InChI is InChI=1S/C32H56O6/c1-9-11-21-28(5)14-13-22(34)29(6,18-33)20(28)12-15-30(21,7)31(8)17-19-16-27(3,4)23(35)25(37)32(19,10-2)26(38)24(31)36/h9,19-26,33-38H,1,10-18H2,2-8H3/t19?,20?,21?,22-,23-,24-,25-,26+,28-,29+,30+,31-,32+/m0/s1. The molecule has 0 heterocycles. The van der Waals surface area contributed by atoms with Gasteiger partial charge in [-0.1, -0.05) is 54.5 Å². The van der Waals surface area contributed by atoms with Gasteiger partial charge in [0.1, 0.15) is 0 Å². The molecule has 4 fully saturated rings. The molecule has 0 aromatic heterocycles. The Hall–Kier alpha value is -0.500. The van der Waals surface area contributed by atoms with Crippen molar-refractivity contribution in [1.82, 2.24) is 0 Å². The van der Waals surface area contributed by atoms with Crippen molar-refractivity contribution in [3.05, 3.63) is 12.7 Å². The molecular weight excluding hydrogens is 480 g/mol. The van der Waals surface area contributed by atoms with Crippen LogP contribution in [-0.4, -0.2) is 67.8 Å². The van der Waals surface area contributed by atoms with Crippen molar-refractivity contribution in [2.24, 2.45) is 50.2 Å². The summed E-state index contributed by atoms with van der Waals surface area (Å²) in [5, 5.41) is 68.0. The lowest BCUT2D eigenvalue weighted by Crippen LogP contribution is -2.73. The first-order valence-corrected chi connectivity index (χ1v) is 15.1. The van der Waals surface area contributed by atoms with Crippen LogP contribution in [0.25, 0.3) is 0 Å². The topological polar surface area (TPSA) is 121 Å². The summed E-state index contributed by atoms with van der Waals surface area (Å²) in [5.41, 5.74) is -3.20. The molecule has 0 spiro atoms. The molecule has 6 heteroatoms. The molecule has 0 aromatic rings. The van der Waals surface area contributed by atoms with Crippen LogP contribution in [0, 0.1) is 50.2 Å². The summed E-state index contributed by atoms with van der Waals surface area (Å²) >= 11 is 0. The number of aliphatic hydroxyl groups excluding tert-OH is 6. The van der Waals surface area contributed by atoms with E-state index in [1.807, 2.05) is 33.8 Å². The van der Waals surface area contributed by atoms with Crippen molar-refractivity contribution in [2.75, 3.05) is 6.61 Å². The summed E-state index contributed by atoms with van der Waals surface area (Å²) in [5.74, 6) is 0.223. The van der Waals surface area contributed by atoms with Gasteiger partial charge in [-0.05, 0) is 85.4 Å². The molecule has 0 amide bonds. The van der Waals surface area contributed by atoms with E-state index in [9.17, 15) is 30.6 Å². The quantitative estimate of drug-likeness (QED) is 0.295. The van der Waals surface area contributed by atoms with E-state index in [2.05, 4.69) is 27.4 Å². The van der Waals surface area contributed by atoms with E-state index in [1.54, 1.807) is 0 Å². The highest BCUT2D eigenvalue weighted by atomic mass is 16.3. The van der Waals surface area contributed by atoms with Crippen molar-refractivity contribution in [3.8, 4) is 0 Å².